The van der Waals surface area contributed by atoms with E-state index in [-0.39, 0.29) is 19.1 Å². The number of nitrogens with one attached hydrogen (secondary N) is 1. The van der Waals surface area contributed by atoms with Crippen LogP contribution in [0.3, 0.4) is 0 Å². The molecule has 0 aliphatic carbocycles. The van der Waals surface area contributed by atoms with Gasteiger partial charge in [-0.15, -0.1) is 0 Å². The van der Waals surface area contributed by atoms with Crippen LogP contribution in [0.15, 0.2) is 24.3 Å². The molecule has 0 spiro atoms. The molecular weight excluding hydrogens is 707 g/mol. The molecule has 326 valence electrons. The first-order valence-corrected chi connectivity index (χ1v) is 24.7. The van der Waals surface area contributed by atoms with Crippen LogP contribution in [0.2, 0.25) is 0 Å². The van der Waals surface area contributed by atoms with Gasteiger partial charge in [0.25, 0.3) is 0 Å². The third kappa shape index (κ3) is 41.0. The number of hydrogen-bond donors (Lipinski definition) is 3. The summed E-state index contributed by atoms with van der Waals surface area (Å²) in [5.74, 6) is -0.153. The smallest absolute Gasteiger partial charge is 0.391 e. The van der Waals surface area contributed by atoms with Crippen molar-refractivity contribution in [2.75, 3.05) is 40.9 Å². The van der Waals surface area contributed by atoms with Gasteiger partial charge in [-0.2, -0.15) is 0 Å². The SMILES string of the molecule is CCCCCCCCCCC/C=C\C/C=C\CCCCCCCCCC(=O)NC(COP(=O)(O)OCC[N+](C)(C)C)C(O)CCCCCCCCCCCC. The summed E-state index contributed by atoms with van der Waals surface area (Å²) in [4.78, 5) is 23.1. The van der Waals surface area contributed by atoms with Crippen LogP contribution in [-0.4, -0.2) is 73.4 Å². The molecule has 3 atom stereocenters. The Morgan fingerprint density at radius 2 is 1.04 bits per heavy atom. The topological polar surface area (TPSA) is 105 Å². The van der Waals surface area contributed by atoms with Crippen molar-refractivity contribution in [2.24, 2.45) is 0 Å². The maximum absolute atomic E-state index is 12.9. The maximum Gasteiger partial charge on any atom is 0.472 e. The number of likely N-dealkylation sites (N-methyl/N-ethyl adjacent to an activating group) is 1. The molecule has 0 aromatic rings. The molecule has 0 rings (SSSR count). The summed E-state index contributed by atoms with van der Waals surface area (Å²) >= 11 is 0. The van der Waals surface area contributed by atoms with Crippen molar-refractivity contribution in [3.63, 3.8) is 0 Å². The third-order valence-electron chi connectivity index (χ3n) is 10.5. The van der Waals surface area contributed by atoms with Gasteiger partial charge >= 0.3 is 7.82 Å². The molecule has 1 amide bonds. The minimum Gasteiger partial charge on any atom is -0.391 e. The fraction of sp³-hybridized carbons (Fsp3) is 0.891. The number of phosphoric acid groups is 1. The van der Waals surface area contributed by atoms with E-state index >= 15 is 0 Å². The van der Waals surface area contributed by atoms with Crippen LogP contribution in [0.25, 0.3) is 0 Å². The number of carbonyl (C=O) groups excluding carboxylic acids is 1. The van der Waals surface area contributed by atoms with E-state index in [9.17, 15) is 19.4 Å². The van der Waals surface area contributed by atoms with E-state index in [1.54, 1.807) is 0 Å². The Balaban J connectivity index is 4.22. The van der Waals surface area contributed by atoms with Crippen LogP contribution in [-0.2, 0) is 18.4 Å². The average molecular weight is 800 g/mol. The Bertz CT molecular complexity index is 953. The number of unbranched alkanes of at least 4 members (excludes halogenated alkanes) is 25. The van der Waals surface area contributed by atoms with Gasteiger partial charge in [-0.25, -0.2) is 4.57 Å². The molecule has 55 heavy (non-hydrogen) atoms. The molecule has 0 aromatic carbocycles. The monoisotopic (exact) mass is 800 g/mol. The van der Waals surface area contributed by atoms with Crippen LogP contribution in [0.4, 0.5) is 0 Å². The molecule has 9 heteroatoms. The van der Waals surface area contributed by atoms with Gasteiger partial charge in [0.2, 0.25) is 5.91 Å². The van der Waals surface area contributed by atoms with Gasteiger partial charge in [0.05, 0.1) is 39.9 Å². The number of aliphatic hydroxyl groups is 1. The van der Waals surface area contributed by atoms with Gasteiger partial charge in [-0.1, -0.05) is 186 Å². The van der Waals surface area contributed by atoms with E-state index in [2.05, 4.69) is 43.5 Å². The summed E-state index contributed by atoms with van der Waals surface area (Å²) in [5.41, 5.74) is 0. The average Bonchev–Trinajstić information content (AvgIpc) is 3.13. The molecule has 0 aliphatic rings. The fourth-order valence-electron chi connectivity index (χ4n) is 6.72. The number of rotatable bonds is 42. The molecular formula is C46H92N2O6P+. The number of hydrogen-bond acceptors (Lipinski definition) is 5. The van der Waals surface area contributed by atoms with Crippen molar-refractivity contribution >= 4 is 13.7 Å². The normalized spacial score (nSPS) is 14.5. The highest BCUT2D eigenvalue weighted by molar-refractivity contribution is 7.47. The highest BCUT2D eigenvalue weighted by Gasteiger charge is 2.28. The minimum atomic E-state index is -4.31. The highest BCUT2D eigenvalue weighted by atomic mass is 31.2. The fourth-order valence-corrected chi connectivity index (χ4v) is 7.46. The number of carbonyl (C=O) groups is 1. The summed E-state index contributed by atoms with van der Waals surface area (Å²) in [5, 5.41) is 13.9. The Labute approximate surface area is 341 Å². The first-order chi connectivity index (χ1) is 26.5. The number of nitrogens with zero attached hydrogens (tertiary/aromatic N) is 1. The van der Waals surface area contributed by atoms with Crippen LogP contribution in [0.5, 0.6) is 0 Å². The molecule has 8 nitrogen and oxygen atoms in total. The summed E-state index contributed by atoms with van der Waals surface area (Å²) in [6, 6.07) is -0.761. The number of phosphoric ester groups is 1. The summed E-state index contributed by atoms with van der Waals surface area (Å²) in [6.45, 7) is 4.87. The zero-order chi connectivity index (χ0) is 40.7. The molecule has 0 radical (unpaired) electrons. The zero-order valence-corrected chi connectivity index (χ0v) is 37.8. The third-order valence-corrected chi connectivity index (χ3v) is 11.4. The molecule has 0 bridgehead atoms. The van der Waals surface area contributed by atoms with Crippen LogP contribution in [0.1, 0.15) is 213 Å². The van der Waals surface area contributed by atoms with E-state index in [1.807, 2.05) is 21.1 Å². The largest absolute Gasteiger partial charge is 0.472 e. The van der Waals surface area contributed by atoms with Crippen LogP contribution < -0.4 is 5.32 Å². The second kappa shape index (κ2) is 38.5. The lowest BCUT2D eigenvalue weighted by Crippen LogP contribution is -2.46. The van der Waals surface area contributed by atoms with Crippen molar-refractivity contribution in [1.29, 1.82) is 0 Å². The van der Waals surface area contributed by atoms with Gasteiger partial charge in [0.1, 0.15) is 13.2 Å². The van der Waals surface area contributed by atoms with Gasteiger partial charge in [0.15, 0.2) is 0 Å². The predicted octanol–water partition coefficient (Wildman–Crippen LogP) is 12.9. The summed E-state index contributed by atoms with van der Waals surface area (Å²) in [7, 11) is 1.61. The second-order valence-electron chi connectivity index (χ2n) is 17.1. The highest BCUT2D eigenvalue weighted by Crippen LogP contribution is 2.43. The van der Waals surface area contributed by atoms with Crippen molar-refractivity contribution in [3.05, 3.63) is 24.3 Å². The van der Waals surface area contributed by atoms with E-state index in [4.69, 9.17) is 9.05 Å². The molecule has 3 unspecified atom stereocenters. The molecule has 0 saturated heterocycles. The molecule has 0 aromatic heterocycles. The molecule has 0 aliphatic heterocycles. The molecule has 0 heterocycles. The number of amides is 1. The Morgan fingerprint density at radius 1 is 0.618 bits per heavy atom. The molecule has 0 saturated carbocycles. The predicted molar refractivity (Wildman–Crippen MR) is 235 cm³/mol. The van der Waals surface area contributed by atoms with Crippen molar-refractivity contribution in [3.8, 4) is 0 Å². The quantitative estimate of drug-likeness (QED) is 0.0246. The summed E-state index contributed by atoms with van der Waals surface area (Å²) < 4.78 is 23.6. The van der Waals surface area contributed by atoms with Gasteiger partial charge in [0, 0.05) is 6.42 Å². The Morgan fingerprint density at radius 3 is 1.49 bits per heavy atom. The van der Waals surface area contributed by atoms with Crippen LogP contribution >= 0.6 is 7.82 Å². The van der Waals surface area contributed by atoms with Gasteiger partial charge in [-0.05, 0) is 44.9 Å². The van der Waals surface area contributed by atoms with E-state index in [0.29, 0.717) is 23.9 Å². The van der Waals surface area contributed by atoms with E-state index in [1.165, 1.54) is 135 Å². The lowest BCUT2D eigenvalue weighted by Gasteiger charge is -2.26. The lowest BCUT2D eigenvalue weighted by molar-refractivity contribution is -0.870. The van der Waals surface area contributed by atoms with Crippen molar-refractivity contribution < 1.29 is 32.9 Å². The van der Waals surface area contributed by atoms with E-state index in [0.717, 1.165) is 51.4 Å². The second-order valence-corrected chi connectivity index (χ2v) is 18.6. The molecule has 0 fully saturated rings. The first-order valence-electron chi connectivity index (χ1n) is 23.2. The maximum atomic E-state index is 12.9. The lowest BCUT2D eigenvalue weighted by atomic mass is 10.0. The first kappa shape index (κ1) is 54.0. The van der Waals surface area contributed by atoms with Crippen molar-refractivity contribution in [2.45, 2.75) is 225 Å². The van der Waals surface area contributed by atoms with Gasteiger partial charge in [-0.3, -0.25) is 13.8 Å². The number of allylic oxidation sites excluding steroid dienone is 4. The van der Waals surface area contributed by atoms with Crippen molar-refractivity contribution in [1.82, 2.24) is 5.32 Å². The molecule has 3 N–H and O–H groups in total. The van der Waals surface area contributed by atoms with Gasteiger partial charge < -0.3 is 19.8 Å². The number of quaternary nitrogens is 1. The van der Waals surface area contributed by atoms with Crippen LogP contribution in [0, 0.1) is 0 Å². The Hall–Kier alpha value is -1.02. The minimum absolute atomic E-state index is 0.0733. The number of aliphatic hydroxyl groups excluding tert-OH is 1. The zero-order valence-electron chi connectivity index (χ0n) is 36.9. The Kier molecular flexibility index (Phi) is 37.8. The summed E-state index contributed by atoms with van der Waals surface area (Å²) in [6.07, 6.45) is 45.0. The standard InChI is InChI=1S/C46H91N2O6P/c1-6-8-10-12-14-16-18-19-20-21-22-23-24-25-26-27-28-29-30-32-34-36-38-40-46(50)47-44(43-54-55(51,52)53-42-41-48(3,4)5)45(49)39-37-35-33-31-17-15-13-11-9-7-2/h22-23,25-26,44-45,49H,6-21,24,27-43H2,1-5H3,(H-,47,50,51,52)/p+1/b23-22-,26-25-. The van der Waals surface area contributed by atoms with E-state index < -0.39 is 20.0 Å².